The van der Waals surface area contributed by atoms with E-state index in [0.29, 0.717) is 33.7 Å². The molecule has 31 heavy (non-hydrogen) atoms. The maximum Gasteiger partial charge on any atom is 0.257 e. The van der Waals surface area contributed by atoms with Gasteiger partial charge in [-0.25, -0.2) is 14.4 Å². The number of benzene rings is 1. The molecule has 1 aliphatic rings. The lowest BCUT2D eigenvalue weighted by molar-refractivity contribution is -0.117. The Labute approximate surface area is 176 Å². The first kappa shape index (κ1) is 19.2. The standard InChI is InChI=1S/C21H20FN7O2/c1-11-8-29-9-12(7-14(22)19(29)26-11)27-20(30)13-4-5-15(18-17(13)24-10-25-18)28-21(31)16-3-2-6-23-16/h4-5,7-10,16,23H,2-3,6H2,1H3,(H,24,25)(H,27,30)(H,28,31). The van der Waals surface area contributed by atoms with Gasteiger partial charge in [-0.1, -0.05) is 0 Å². The predicted molar refractivity (Wildman–Crippen MR) is 114 cm³/mol. The Morgan fingerprint density at radius 2 is 2.13 bits per heavy atom. The Morgan fingerprint density at radius 1 is 1.26 bits per heavy atom. The minimum absolute atomic E-state index is 0.120. The maximum atomic E-state index is 14.3. The molecule has 1 aliphatic heterocycles. The zero-order chi connectivity index (χ0) is 21.5. The van der Waals surface area contributed by atoms with Crippen LogP contribution >= 0.6 is 0 Å². The monoisotopic (exact) mass is 421 g/mol. The number of carbonyl (C=O) groups excluding carboxylic acids is 2. The lowest BCUT2D eigenvalue weighted by Gasteiger charge is -2.13. The van der Waals surface area contributed by atoms with Crippen molar-refractivity contribution in [3.05, 3.63) is 54.0 Å². The highest BCUT2D eigenvalue weighted by molar-refractivity contribution is 6.14. The molecule has 0 spiro atoms. The van der Waals surface area contributed by atoms with Crippen LogP contribution in [0.5, 0.6) is 0 Å². The number of imidazole rings is 2. The molecule has 4 N–H and O–H groups in total. The first-order chi connectivity index (χ1) is 15.0. The van der Waals surface area contributed by atoms with E-state index in [1.807, 2.05) is 0 Å². The summed E-state index contributed by atoms with van der Waals surface area (Å²) in [6.45, 7) is 2.59. The number of rotatable bonds is 4. The molecule has 4 heterocycles. The number of nitrogens with zero attached hydrogens (tertiary/aromatic N) is 3. The van der Waals surface area contributed by atoms with E-state index in [9.17, 15) is 14.0 Å². The van der Waals surface area contributed by atoms with E-state index in [4.69, 9.17) is 0 Å². The van der Waals surface area contributed by atoms with Crippen LogP contribution in [0.4, 0.5) is 15.8 Å². The number of carbonyl (C=O) groups is 2. The third-order valence-electron chi connectivity index (χ3n) is 5.34. The fourth-order valence-corrected chi connectivity index (χ4v) is 3.89. The van der Waals surface area contributed by atoms with Crippen LogP contribution in [0.1, 0.15) is 28.9 Å². The average Bonchev–Trinajstić information content (AvgIpc) is 3.48. The Morgan fingerprint density at radius 3 is 2.94 bits per heavy atom. The third kappa shape index (κ3) is 3.50. The van der Waals surface area contributed by atoms with E-state index in [2.05, 4.69) is 30.9 Å². The van der Waals surface area contributed by atoms with Crippen molar-refractivity contribution in [2.24, 2.45) is 0 Å². The summed E-state index contributed by atoms with van der Waals surface area (Å²) in [6.07, 6.45) is 6.49. The number of amides is 2. The lowest BCUT2D eigenvalue weighted by atomic mass is 10.1. The molecule has 4 aromatic rings. The molecule has 9 nitrogen and oxygen atoms in total. The summed E-state index contributed by atoms with van der Waals surface area (Å²) in [6, 6.07) is 4.25. The fourth-order valence-electron chi connectivity index (χ4n) is 3.89. The van der Waals surface area contributed by atoms with Gasteiger partial charge in [0.15, 0.2) is 11.5 Å². The van der Waals surface area contributed by atoms with Crippen LogP contribution in [0.3, 0.4) is 0 Å². The number of halogens is 1. The van der Waals surface area contributed by atoms with Crippen molar-refractivity contribution in [1.29, 1.82) is 0 Å². The van der Waals surface area contributed by atoms with Gasteiger partial charge < -0.3 is 25.3 Å². The summed E-state index contributed by atoms with van der Waals surface area (Å²) in [5, 5.41) is 8.76. The van der Waals surface area contributed by atoms with Crippen molar-refractivity contribution in [1.82, 2.24) is 24.7 Å². The SMILES string of the molecule is Cc1cn2cc(NC(=O)c3ccc(NC(=O)C4CCCN4)c4[nH]cnc34)cc(F)c2n1. The highest BCUT2D eigenvalue weighted by atomic mass is 19.1. The van der Waals surface area contributed by atoms with E-state index in [0.717, 1.165) is 19.4 Å². The molecule has 10 heteroatoms. The smallest absolute Gasteiger partial charge is 0.257 e. The number of fused-ring (bicyclic) bond motifs is 2. The second kappa shape index (κ2) is 7.47. The molecule has 1 aromatic carbocycles. The van der Waals surface area contributed by atoms with Crippen LogP contribution in [0.2, 0.25) is 0 Å². The van der Waals surface area contributed by atoms with Crippen LogP contribution in [-0.4, -0.2) is 43.8 Å². The molecule has 1 saturated heterocycles. The van der Waals surface area contributed by atoms with E-state index >= 15 is 0 Å². The average molecular weight is 421 g/mol. The second-order valence-corrected chi connectivity index (χ2v) is 7.57. The second-order valence-electron chi connectivity index (χ2n) is 7.57. The highest BCUT2D eigenvalue weighted by Crippen LogP contribution is 2.26. The Bertz CT molecular complexity index is 1320. The summed E-state index contributed by atoms with van der Waals surface area (Å²) >= 11 is 0. The summed E-state index contributed by atoms with van der Waals surface area (Å²) in [4.78, 5) is 36.7. The van der Waals surface area contributed by atoms with Crippen molar-refractivity contribution < 1.29 is 14.0 Å². The largest absolute Gasteiger partial charge is 0.343 e. The highest BCUT2D eigenvalue weighted by Gasteiger charge is 2.23. The van der Waals surface area contributed by atoms with Gasteiger partial charge in [-0.2, -0.15) is 0 Å². The summed E-state index contributed by atoms with van der Waals surface area (Å²) in [5.41, 5.74) is 2.97. The van der Waals surface area contributed by atoms with E-state index in [1.54, 1.807) is 31.5 Å². The molecule has 1 atom stereocenters. The Kier molecular flexibility index (Phi) is 4.63. The van der Waals surface area contributed by atoms with Gasteiger partial charge in [-0.05, 0) is 38.4 Å². The first-order valence-electron chi connectivity index (χ1n) is 9.96. The van der Waals surface area contributed by atoms with Gasteiger partial charge >= 0.3 is 0 Å². The first-order valence-corrected chi connectivity index (χ1v) is 9.96. The van der Waals surface area contributed by atoms with Gasteiger partial charge in [0.05, 0.1) is 40.5 Å². The molecule has 5 rings (SSSR count). The number of anilines is 2. The van der Waals surface area contributed by atoms with Crippen LogP contribution in [0.15, 0.2) is 36.9 Å². The minimum Gasteiger partial charge on any atom is -0.343 e. The number of aromatic amines is 1. The molecule has 0 radical (unpaired) electrons. The quantitative estimate of drug-likeness (QED) is 0.404. The molecular weight excluding hydrogens is 401 g/mol. The molecule has 1 fully saturated rings. The topological polar surface area (TPSA) is 116 Å². The van der Waals surface area contributed by atoms with Gasteiger partial charge in [-0.15, -0.1) is 0 Å². The van der Waals surface area contributed by atoms with Crippen LogP contribution in [0, 0.1) is 12.7 Å². The molecule has 2 amide bonds. The number of aromatic nitrogens is 4. The van der Waals surface area contributed by atoms with E-state index < -0.39 is 11.7 Å². The van der Waals surface area contributed by atoms with Gasteiger partial charge in [0.2, 0.25) is 5.91 Å². The molecule has 0 bridgehead atoms. The molecule has 158 valence electrons. The van der Waals surface area contributed by atoms with Crippen molar-refractivity contribution in [3.8, 4) is 0 Å². The summed E-state index contributed by atoms with van der Waals surface area (Å²) in [5.74, 6) is -1.09. The number of hydrogen-bond acceptors (Lipinski definition) is 5. The molecule has 1 unspecified atom stereocenters. The molecular formula is C21H20FN7O2. The van der Waals surface area contributed by atoms with Crippen LogP contribution in [0.25, 0.3) is 16.7 Å². The van der Waals surface area contributed by atoms with Gasteiger partial charge in [-0.3, -0.25) is 9.59 Å². The Hall–Kier alpha value is -3.79. The van der Waals surface area contributed by atoms with Crippen LogP contribution in [-0.2, 0) is 4.79 Å². The van der Waals surface area contributed by atoms with Crippen molar-refractivity contribution in [2.75, 3.05) is 17.2 Å². The number of hydrogen-bond donors (Lipinski definition) is 4. The number of H-pyrrole nitrogens is 1. The Balaban J connectivity index is 1.42. The number of pyridine rings is 1. The summed E-state index contributed by atoms with van der Waals surface area (Å²) < 4.78 is 15.8. The van der Waals surface area contributed by atoms with E-state index in [1.165, 1.54) is 16.8 Å². The molecule has 0 aliphatic carbocycles. The van der Waals surface area contributed by atoms with Crippen LogP contribution < -0.4 is 16.0 Å². The summed E-state index contributed by atoms with van der Waals surface area (Å²) in [7, 11) is 0. The lowest BCUT2D eigenvalue weighted by Crippen LogP contribution is -2.35. The maximum absolute atomic E-state index is 14.3. The van der Waals surface area contributed by atoms with Gasteiger partial charge in [0, 0.05) is 18.5 Å². The molecule has 3 aromatic heterocycles. The van der Waals surface area contributed by atoms with Crippen molar-refractivity contribution in [2.45, 2.75) is 25.8 Å². The zero-order valence-electron chi connectivity index (χ0n) is 16.7. The zero-order valence-corrected chi connectivity index (χ0v) is 16.7. The molecule has 0 saturated carbocycles. The van der Waals surface area contributed by atoms with Crippen molar-refractivity contribution >= 4 is 39.9 Å². The minimum atomic E-state index is -0.533. The van der Waals surface area contributed by atoms with Crippen molar-refractivity contribution in [3.63, 3.8) is 0 Å². The predicted octanol–water partition coefficient (Wildman–Crippen LogP) is 2.60. The normalized spacial score (nSPS) is 16.1. The third-order valence-corrected chi connectivity index (χ3v) is 5.34. The fraction of sp³-hybridized carbons (Fsp3) is 0.238. The van der Waals surface area contributed by atoms with E-state index in [-0.39, 0.29) is 17.6 Å². The van der Waals surface area contributed by atoms with Gasteiger partial charge in [0.1, 0.15) is 5.52 Å². The number of aryl methyl sites for hydroxylation is 1. The van der Waals surface area contributed by atoms with Gasteiger partial charge in [0.25, 0.3) is 5.91 Å². The number of nitrogens with one attached hydrogen (secondary N) is 4.